The predicted octanol–water partition coefficient (Wildman–Crippen LogP) is 4.37. The molecule has 1 aromatic heterocycles. The molecule has 2 aliphatic heterocycles. The first-order chi connectivity index (χ1) is 26.8. The largest absolute Gasteiger partial charge is 0.450 e. The monoisotopic (exact) mass is 795 g/mol. The van der Waals surface area contributed by atoms with Gasteiger partial charge in [-0.2, -0.15) is 15.0 Å². The van der Waals surface area contributed by atoms with Gasteiger partial charge < -0.3 is 20.3 Å². The van der Waals surface area contributed by atoms with Crippen LogP contribution in [0.3, 0.4) is 0 Å². The van der Waals surface area contributed by atoms with Crippen molar-refractivity contribution in [3.63, 3.8) is 0 Å². The Morgan fingerprint density at radius 3 is 2.34 bits per heavy atom. The number of cyclic esters (lactones) is 1. The third-order valence-electron chi connectivity index (χ3n) is 11.1. The van der Waals surface area contributed by atoms with Gasteiger partial charge in [-0.15, -0.1) is 0 Å². The number of hydrogen-bond donors (Lipinski definition) is 3. The first-order valence-electron chi connectivity index (χ1n) is 19.3. The molecule has 3 fully saturated rings. The van der Waals surface area contributed by atoms with Gasteiger partial charge in [-0.1, -0.05) is 75.2 Å². The molecule has 0 radical (unpaired) electrons. The minimum Gasteiger partial charge on any atom is -0.450 e. The maximum absolute atomic E-state index is 14.5. The summed E-state index contributed by atoms with van der Waals surface area (Å²) < 4.78 is 61.0. The van der Waals surface area contributed by atoms with Gasteiger partial charge in [-0.25, -0.2) is 22.0 Å². The summed E-state index contributed by atoms with van der Waals surface area (Å²) in [7, 11) is -4.12. The van der Waals surface area contributed by atoms with E-state index in [0.717, 1.165) is 42.4 Å². The first-order valence-corrected chi connectivity index (χ1v) is 20.8. The Balaban J connectivity index is 1.26. The third-order valence-corrected chi connectivity index (χ3v) is 13.0. The van der Waals surface area contributed by atoms with Gasteiger partial charge in [0.25, 0.3) is 5.91 Å². The van der Waals surface area contributed by atoms with Gasteiger partial charge in [-0.05, 0) is 56.1 Å². The van der Waals surface area contributed by atoms with Crippen molar-refractivity contribution in [1.29, 1.82) is 0 Å². The van der Waals surface area contributed by atoms with Gasteiger partial charge in [0, 0.05) is 24.1 Å². The Morgan fingerprint density at radius 2 is 1.66 bits per heavy atom. The van der Waals surface area contributed by atoms with Crippen LogP contribution in [0.25, 0.3) is 22.5 Å². The number of carbonyl (C=O) groups excluding carboxylic acids is 4. The van der Waals surface area contributed by atoms with E-state index >= 15 is 0 Å². The highest BCUT2D eigenvalue weighted by atomic mass is 32.2. The van der Waals surface area contributed by atoms with E-state index in [1.807, 2.05) is 47.2 Å². The molecule has 1 saturated heterocycles. The van der Waals surface area contributed by atoms with Crippen LogP contribution in [-0.4, -0.2) is 94.6 Å². The number of carbonyl (C=O) groups is 4. The Kier molecular flexibility index (Phi) is 11.2. The zero-order valence-electron chi connectivity index (χ0n) is 31.3. The minimum atomic E-state index is -4.12. The van der Waals surface area contributed by atoms with Gasteiger partial charge in [0.2, 0.25) is 28.3 Å². The lowest BCUT2D eigenvalue weighted by atomic mass is 10.0. The molecule has 3 heterocycles. The van der Waals surface area contributed by atoms with E-state index in [0.29, 0.717) is 30.7 Å². The molecule has 17 heteroatoms. The van der Waals surface area contributed by atoms with E-state index < -0.39 is 87.4 Å². The molecular formula is C39H47F2N7O7S. The number of nitrogens with zero attached hydrogens (tertiary/aromatic N) is 4. The normalized spacial score (nSPS) is 26.0. The Morgan fingerprint density at radius 1 is 0.964 bits per heavy atom. The Labute approximate surface area is 324 Å². The number of rotatable bonds is 8. The molecule has 2 aliphatic carbocycles. The number of aromatic nitrogens is 3. The van der Waals surface area contributed by atoms with Crippen molar-refractivity contribution in [2.24, 2.45) is 11.8 Å². The fourth-order valence-corrected chi connectivity index (χ4v) is 9.03. The van der Waals surface area contributed by atoms with Crippen LogP contribution in [0, 0.1) is 11.8 Å². The second kappa shape index (κ2) is 15.9. The molecule has 0 spiro atoms. The number of amides is 4. The van der Waals surface area contributed by atoms with E-state index in [9.17, 15) is 36.4 Å². The molecule has 4 amide bonds. The molecule has 2 aromatic carbocycles. The predicted molar refractivity (Wildman–Crippen MR) is 200 cm³/mol. The Hall–Kier alpha value is -4.93. The fraction of sp³-hybridized carbons (Fsp3) is 0.538. The maximum atomic E-state index is 14.5. The van der Waals surface area contributed by atoms with E-state index in [2.05, 4.69) is 22.8 Å². The molecule has 1 unspecified atom stereocenters. The van der Waals surface area contributed by atoms with E-state index in [1.54, 1.807) is 13.8 Å². The van der Waals surface area contributed by atoms with Crippen molar-refractivity contribution in [2.75, 3.05) is 13.2 Å². The molecule has 56 heavy (non-hydrogen) atoms. The second-order valence-corrected chi connectivity index (χ2v) is 17.6. The van der Waals surface area contributed by atoms with Crippen molar-refractivity contribution in [3.05, 3.63) is 60.2 Å². The summed E-state index contributed by atoms with van der Waals surface area (Å²) in [5, 5.41) is 14.2. The van der Waals surface area contributed by atoms with Crippen LogP contribution >= 0.6 is 0 Å². The van der Waals surface area contributed by atoms with Crippen molar-refractivity contribution in [3.8, 4) is 22.5 Å². The lowest BCUT2D eigenvalue weighted by Crippen LogP contribution is -2.59. The molecule has 300 valence electrons. The van der Waals surface area contributed by atoms with Crippen molar-refractivity contribution < 1.29 is 41.1 Å². The molecular weight excluding hydrogens is 749 g/mol. The van der Waals surface area contributed by atoms with Crippen molar-refractivity contribution >= 4 is 33.8 Å². The lowest BCUT2D eigenvalue weighted by Gasteiger charge is -2.31. The minimum absolute atomic E-state index is 0.0767. The number of halogens is 2. The standard InChI is InChI=1S/C39H47F2N7O7S/c1-23(2)31-36(50)47-22-27(20-30(47)35(49)43-39(21-29(39)34(40)41)37(51)46-56(53,54)28-16-17-28)48-44-32(25-13-7-5-8-14-25)33(45-48)26-15-10-12-24(19-26)11-6-3-4-9-18-55-38(52)42-31/h5,7-8,10,12-15,19,23,27-31,34H,3-4,6,9,11,16-18,20-22H2,1-2H3,(H,42,52)(H,43,49)(H,46,51)/t27?,29-,30-,31-,39-/m0/s1. The van der Waals surface area contributed by atoms with Gasteiger partial charge in [-0.3, -0.25) is 19.1 Å². The highest BCUT2D eigenvalue weighted by Gasteiger charge is 2.66. The van der Waals surface area contributed by atoms with Crippen molar-refractivity contribution in [1.82, 2.24) is 35.2 Å². The van der Waals surface area contributed by atoms with Crippen LogP contribution < -0.4 is 15.4 Å². The van der Waals surface area contributed by atoms with Crippen LogP contribution in [-0.2, 0) is 35.6 Å². The molecule has 7 rings (SSSR count). The summed E-state index contributed by atoms with van der Waals surface area (Å²) in [5.41, 5.74) is 1.70. The van der Waals surface area contributed by atoms with E-state index in [-0.39, 0.29) is 19.6 Å². The van der Waals surface area contributed by atoms with Crippen molar-refractivity contribution in [2.45, 2.75) is 107 Å². The molecule has 5 atom stereocenters. The van der Waals surface area contributed by atoms with Gasteiger partial charge in [0.1, 0.15) is 29.0 Å². The summed E-state index contributed by atoms with van der Waals surface area (Å²) in [6, 6.07) is 14.3. The number of hydrogen-bond acceptors (Lipinski definition) is 9. The fourth-order valence-electron chi connectivity index (χ4n) is 7.67. The van der Waals surface area contributed by atoms with Gasteiger partial charge >= 0.3 is 6.09 Å². The summed E-state index contributed by atoms with van der Waals surface area (Å²) in [5.74, 6) is -4.89. The quantitative estimate of drug-likeness (QED) is 0.298. The van der Waals surface area contributed by atoms with Crippen LogP contribution in [0.5, 0.6) is 0 Å². The number of fused-ring (bicyclic) bond motifs is 8. The summed E-state index contributed by atoms with van der Waals surface area (Å²) >= 11 is 0. The SMILES string of the molecule is CC(C)[C@@H]1NC(=O)OCCCCCCc2cccc(c2)-c2nn(nc2-c2ccccc2)C2C[C@@H](C(=O)N[C@@]3(C(=O)NS(=O)(=O)C4CC4)C[C@H]3C(F)F)N(C2)C1=O. The molecule has 3 N–H and O–H groups in total. The summed E-state index contributed by atoms with van der Waals surface area (Å²) in [6.45, 7) is 3.50. The summed E-state index contributed by atoms with van der Waals surface area (Å²) in [4.78, 5) is 57.9. The van der Waals surface area contributed by atoms with Crippen LogP contribution in [0.2, 0.25) is 0 Å². The smallest absolute Gasteiger partial charge is 0.407 e. The maximum Gasteiger partial charge on any atom is 0.407 e. The topological polar surface area (TPSA) is 182 Å². The number of alkyl halides is 2. The molecule has 4 aliphatic rings. The number of benzene rings is 2. The van der Waals surface area contributed by atoms with E-state index in [4.69, 9.17) is 14.9 Å². The number of nitrogens with one attached hydrogen (secondary N) is 3. The third kappa shape index (κ3) is 8.27. The average Bonchev–Trinajstić information content (AvgIpc) is 4.06. The second-order valence-electron chi connectivity index (χ2n) is 15.6. The van der Waals surface area contributed by atoms with Gasteiger partial charge in [0.15, 0.2) is 0 Å². The first kappa shape index (κ1) is 39.3. The summed E-state index contributed by atoms with van der Waals surface area (Å²) in [6.07, 6.45) is 0.406. The lowest BCUT2D eigenvalue weighted by molar-refractivity contribution is -0.142. The van der Waals surface area contributed by atoms with Crippen LogP contribution in [0.1, 0.15) is 76.8 Å². The van der Waals surface area contributed by atoms with Gasteiger partial charge in [0.05, 0.1) is 23.8 Å². The van der Waals surface area contributed by atoms with Crippen LogP contribution in [0.4, 0.5) is 13.6 Å². The number of sulfonamides is 1. The number of ether oxygens (including phenoxy) is 1. The zero-order chi connectivity index (χ0) is 39.8. The highest BCUT2D eigenvalue weighted by Crippen LogP contribution is 2.48. The Bertz CT molecular complexity index is 2080. The molecule has 2 saturated carbocycles. The highest BCUT2D eigenvalue weighted by molar-refractivity contribution is 7.91. The zero-order valence-corrected chi connectivity index (χ0v) is 32.1. The van der Waals surface area contributed by atoms with Crippen LogP contribution in [0.15, 0.2) is 54.6 Å². The molecule has 3 aromatic rings. The van der Waals surface area contributed by atoms with E-state index in [1.165, 1.54) is 9.70 Å². The molecule has 14 nitrogen and oxygen atoms in total. The average molecular weight is 796 g/mol. The molecule has 6 bridgehead atoms. The number of aryl methyl sites for hydroxylation is 1. The number of alkyl carbamates (subject to hydrolysis) is 1.